The van der Waals surface area contributed by atoms with Crippen LogP contribution >= 0.6 is 0 Å². The second-order valence-corrected chi connectivity index (χ2v) is 8.71. The number of nitrogens with zero attached hydrogens (tertiary/aromatic N) is 1. The molecule has 0 aromatic rings. The molecule has 1 saturated heterocycles. The maximum absolute atomic E-state index is 11.8. The summed E-state index contributed by atoms with van der Waals surface area (Å²) in [4.78, 5) is 14.2. The van der Waals surface area contributed by atoms with Gasteiger partial charge in [-0.25, -0.2) is 0 Å². The van der Waals surface area contributed by atoms with E-state index < -0.39 is 11.4 Å². The van der Waals surface area contributed by atoms with Gasteiger partial charge < -0.3 is 5.11 Å². The molecule has 0 bridgehead atoms. The number of hydrogen-bond donors (Lipinski definition) is 1. The molecule has 3 heteroatoms. The lowest BCUT2D eigenvalue weighted by Crippen LogP contribution is -2.43. The van der Waals surface area contributed by atoms with Crippen LogP contribution in [0, 0.1) is 22.7 Å². The third-order valence-electron chi connectivity index (χ3n) is 6.30. The van der Waals surface area contributed by atoms with Crippen molar-refractivity contribution in [2.45, 2.75) is 72.8 Å². The van der Waals surface area contributed by atoms with Crippen molar-refractivity contribution < 1.29 is 9.90 Å². The fourth-order valence-corrected chi connectivity index (χ4v) is 4.38. The Morgan fingerprint density at radius 2 is 1.76 bits per heavy atom. The van der Waals surface area contributed by atoms with Crippen LogP contribution in [0.15, 0.2) is 0 Å². The molecule has 0 aromatic heterocycles. The molecule has 0 aromatic carbocycles. The second kappa shape index (κ2) is 5.91. The van der Waals surface area contributed by atoms with Gasteiger partial charge in [0.05, 0.1) is 5.41 Å². The number of likely N-dealkylation sites (tertiary alicyclic amines) is 1. The number of carbonyl (C=O) groups is 1. The Morgan fingerprint density at radius 3 is 2.14 bits per heavy atom. The Hall–Kier alpha value is -0.570. The van der Waals surface area contributed by atoms with Crippen LogP contribution in [-0.4, -0.2) is 35.1 Å². The molecule has 2 fully saturated rings. The van der Waals surface area contributed by atoms with Gasteiger partial charge >= 0.3 is 5.97 Å². The summed E-state index contributed by atoms with van der Waals surface area (Å²) in [5.41, 5.74) is -0.0976. The smallest absolute Gasteiger partial charge is 0.311 e. The van der Waals surface area contributed by atoms with Gasteiger partial charge in [-0.3, -0.25) is 9.69 Å². The topological polar surface area (TPSA) is 40.5 Å². The zero-order chi connectivity index (χ0) is 15.8. The quantitative estimate of drug-likeness (QED) is 0.854. The van der Waals surface area contributed by atoms with E-state index in [1.165, 1.54) is 25.7 Å². The number of hydrogen-bond acceptors (Lipinski definition) is 2. The summed E-state index contributed by atoms with van der Waals surface area (Å²) in [5, 5.41) is 9.67. The Labute approximate surface area is 130 Å². The lowest BCUT2D eigenvalue weighted by Gasteiger charge is -2.40. The summed E-state index contributed by atoms with van der Waals surface area (Å²) in [6, 6.07) is 0.614. The number of aliphatic carboxylic acids is 1. The lowest BCUT2D eigenvalue weighted by atomic mass is 9.71. The van der Waals surface area contributed by atoms with Gasteiger partial charge in [0.15, 0.2) is 0 Å². The number of carboxylic acids is 1. The van der Waals surface area contributed by atoms with E-state index in [1.54, 1.807) is 0 Å². The summed E-state index contributed by atoms with van der Waals surface area (Å²) in [6.45, 7) is 12.9. The van der Waals surface area contributed by atoms with Gasteiger partial charge in [0.25, 0.3) is 0 Å². The zero-order valence-electron chi connectivity index (χ0n) is 14.5. The van der Waals surface area contributed by atoms with Crippen molar-refractivity contribution in [3.8, 4) is 0 Å². The molecule has 1 atom stereocenters. The fraction of sp³-hybridized carbons (Fsp3) is 0.944. The second-order valence-electron chi connectivity index (χ2n) is 8.71. The maximum Gasteiger partial charge on any atom is 0.311 e. The van der Waals surface area contributed by atoms with Crippen LogP contribution < -0.4 is 0 Å². The van der Waals surface area contributed by atoms with E-state index in [1.807, 2.05) is 0 Å². The molecule has 2 aliphatic rings. The summed E-state index contributed by atoms with van der Waals surface area (Å²) in [7, 11) is 0. The molecule has 1 saturated carbocycles. The van der Waals surface area contributed by atoms with E-state index >= 15 is 0 Å². The Balaban J connectivity index is 1.96. The number of rotatable bonds is 3. The molecule has 1 heterocycles. The van der Waals surface area contributed by atoms with Crippen molar-refractivity contribution in [1.82, 2.24) is 4.90 Å². The first-order valence-corrected chi connectivity index (χ1v) is 8.64. The van der Waals surface area contributed by atoms with Crippen molar-refractivity contribution in [2.75, 3.05) is 13.1 Å². The molecule has 1 aliphatic carbocycles. The summed E-state index contributed by atoms with van der Waals surface area (Å²) < 4.78 is 0. The fourth-order valence-electron chi connectivity index (χ4n) is 4.38. The standard InChI is InChI=1S/C18H33NO2/c1-13(2)18(16(20)21)10-11-19(12-18)15-8-6-14(7-9-15)17(3,4)5/h13-15H,6-12H2,1-5H3,(H,20,21). The van der Waals surface area contributed by atoms with Crippen molar-refractivity contribution in [1.29, 1.82) is 0 Å². The van der Waals surface area contributed by atoms with Crippen molar-refractivity contribution >= 4 is 5.97 Å². The highest BCUT2D eigenvalue weighted by molar-refractivity contribution is 5.75. The minimum absolute atomic E-state index is 0.214. The van der Waals surface area contributed by atoms with E-state index in [9.17, 15) is 9.90 Å². The van der Waals surface area contributed by atoms with E-state index in [0.717, 1.165) is 25.4 Å². The molecular weight excluding hydrogens is 262 g/mol. The first kappa shape index (κ1) is 16.8. The van der Waals surface area contributed by atoms with Gasteiger partial charge in [0, 0.05) is 12.6 Å². The highest BCUT2D eigenvalue weighted by Gasteiger charge is 2.48. The zero-order valence-corrected chi connectivity index (χ0v) is 14.5. The normalized spacial score (nSPS) is 35.3. The molecule has 0 amide bonds. The molecule has 1 aliphatic heterocycles. The van der Waals surface area contributed by atoms with Crippen molar-refractivity contribution in [3.63, 3.8) is 0 Å². The van der Waals surface area contributed by atoms with E-state index in [2.05, 4.69) is 39.5 Å². The summed E-state index contributed by atoms with van der Waals surface area (Å²) in [5.74, 6) is 0.444. The van der Waals surface area contributed by atoms with Crippen LogP contribution in [0.5, 0.6) is 0 Å². The van der Waals surface area contributed by atoms with Crippen LogP contribution in [0.3, 0.4) is 0 Å². The Bertz CT molecular complexity index is 377. The highest BCUT2D eigenvalue weighted by atomic mass is 16.4. The molecule has 3 nitrogen and oxygen atoms in total. The summed E-state index contributed by atoms with van der Waals surface area (Å²) in [6.07, 6.45) is 5.91. The van der Waals surface area contributed by atoms with Crippen LogP contribution in [0.1, 0.15) is 66.7 Å². The average molecular weight is 295 g/mol. The van der Waals surface area contributed by atoms with Crippen LogP contribution in [-0.2, 0) is 4.79 Å². The SMILES string of the molecule is CC(C)C1(C(=O)O)CCN(C2CCC(C(C)(C)C)CC2)C1. The van der Waals surface area contributed by atoms with Gasteiger partial charge in [0.2, 0.25) is 0 Å². The molecule has 1 unspecified atom stereocenters. The molecule has 1 N–H and O–H groups in total. The molecule has 21 heavy (non-hydrogen) atoms. The van der Waals surface area contributed by atoms with Crippen molar-refractivity contribution in [3.05, 3.63) is 0 Å². The third kappa shape index (κ3) is 3.28. The third-order valence-corrected chi connectivity index (χ3v) is 6.30. The Morgan fingerprint density at radius 1 is 1.19 bits per heavy atom. The predicted molar refractivity (Wildman–Crippen MR) is 86.3 cm³/mol. The van der Waals surface area contributed by atoms with Gasteiger partial charge in [-0.05, 0) is 55.9 Å². The molecular formula is C18H33NO2. The minimum Gasteiger partial charge on any atom is -0.481 e. The molecule has 0 spiro atoms. The van der Waals surface area contributed by atoms with Crippen LogP contribution in [0.25, 0.3) is 0 Å². The minimum atomic E-state index is -0.594. The largest absolute Gasteiger partial charge is 0.481 e. The molecule has 2 rings (SSSR count). The molecule has 122 valence electrons. The predicted octanol–water partition coefficient (Wildman–Crippen LogP) is 4.02. The first-order valence-electron chi connectivity index (χ1n) is 8.64. The first-order chi connectivity index (χ1) is 9.67. The van der Waals surface area contributed by atoms with E-state index in [-0.39, 0.29) is 5.92 Å². The maximum atomic E-state index is 11.8. The highest BCUT2D eigenvalue weighted by Crippen LogP contribution is 2.43. The number of carboxylic acid groups (broad SMARTS) is 1. The Kier molecular flexibility index (Phi) is 4.72. The van der Waals surface area contributed by atoms with Gasteiger partial charge in [-0.2, -0.15) is 0 Å². The van der Waals surface area contributed by atoms with Gasteiger partial charge in [-0.15, -0.1) is 0 Å². The lowest BCUT2D eigenvalue weighted by molar-refractivity contribution is -0.151. The monoisotopic (exact) mass is 295 g/mol. The van der Waals surface area contributed by atoms with Crippen molar-refractivity contribution in [2.24, 2.45) is 22.7 Å². The summed E-state index contributed by atoms with van der Waals surface area (Å²) >= 11 is 0. The van der Waals surface area contributed by atoms with Crippen LogP contribution in [0.4, 0.5) is 0 Å². The van der Waals surface area contributed by atoms with Gasteiger partial charge in [0.1, 0.15) is 0 Å². The van der Waals surface area contributed by atoms with E-state index in [4.69, 9.17) is 0 Å². The van der Waals surface area contributed by atoms with E-state index in [0.29, 0.717) is 11.5 Å². The van der Waals surface area contributed by atoms with Crippen LogP contribution in [0.2, 0.25) is 0 Å². The van der Waals surface area contributed by atoms with Gasteiger partial charge in [-0.1, -0.05) is 34.6 Å². The molecule has 0 radical (unpaired) electrons. The average Bonchev–Trinajstić information content (AvgIpc) is 2.84.